The highest BCUT2D eigenvalue weighted by molar-refractivity contribution is 5.88. The molecular weight excluding hydrogens is 901 g/mol. The van der Waals surface area contributed by atoms with Gasteiger partial charge in [0.25, 0.3) is 0 Å². The van der Waals surface area contributed by atoms with Gasteiger partial charge in [-0.1, -0.05) is 182 Å². The van der Waals surface area contributed by atoms with Gasteiger partial charge in [-0.05, 0) is 119 Å². The van der Waals surface area contributed by atoms with Crippen LogP contribution in [0, 0.1) is 0 Å². The maximum Gasteiger partial charge on any atom is 0.137 e. The number of nitrogens with zero attached hydrogens (tertiary/aromatic N) is 6. The van der Waals surface area contributed by atoms with Gasteiger partial charge in [-0.25, -0.2) is 9.97 Å². The highest BCUT2D eigenvalue weighted by Gasteiger charge is 2.21. The van der Waals surface area contributed by atoms with Gasteiger partial charge >= 0.3 is 0 Å². The van der Waals surface area contributed by atoms with Crippen molar-refractivity contribution in [1.82, 2.24) is 18.8 Å². The summed E-state index contributed by atoms with van der Waals surface area (Å²) in [5, 5.41) is 0. The summed E-state index contributed by atoms with van der Waals surface area (Å²) in [5.41, 5.74) is 21.2. The van der Waals surface area contributed by atoms with Crippen molar-refractivity contribution in [1.29, 1.82) is 0 Å². The molecule has 0 N–H and O–H groups in total. The lowest BCUT2D eigenvalue weighted by Gasteiger charge is -2.27. The first-order valence-electron chi connectivity index (χ1n) is 25.0. The van der Waals surface area contributed by atoms with Gasteiger partial charge in [0.1, 0.15) is 11.3 Å². The highest BCUT2D eigenvalue weighted by Crippen LogP contribution is 2.42. The van der Waals surface area contributed by atoms with Gasteiger partial charge in [0, 0.05) is 68.8 Å². The zero-order chi connectivity index (χ0) is 49.2. The Balaban J connectivity index is 0.840. The van der Waals surface area contributed by atoms with E-state index in [0.29, 0.717) is 0 Å². The molecule has 0 unspecified atom stereocenters. The lowest BCUT2D eigenvalue weighted by molar-refractivity contribution is 1.19. The molecule has 13 aromatic rings. The first-order valence-corrected chi connectivity index (χ1v) is 25.0. The van der Waals surface area contributed by atoms with Gasteiger partial charge in [-0.3, -0.25) is 8.80 Å². The summed E-state index contributed by atoms with van der Waals surface area (Å²) >= 11 is 0. The number of aromatic nitrogens is 4. The van der Waals surface area contributed by atoms with Crippen LogP contribution in [-0.2, 0) is 0 Å². The summed E-state index contributed by atoms with van der Waals surface area (Å²) in [6, 6.07) is 98.7. The lowest BCUT2D eigenvalue weighted by Crippen LogP contribution is -2.10. The molecule has 0 atom stereocenters. The van der Waals surface area contributed by atoms with Gasteiger partial charge in [0.2, 0.25) is 0 Å². The number of benzene rings is 9. The highest BCUT2D eigenvalue weighted by atomic mass is 15.1. The summed E-state index contributed by atoms with van der Waals surface area (Å²) in [5.74, 6) is 0. The van der Waals surface area contributed by atoms with Crippen LogP contribution in [0.4, 0.5) is 34.1 Å². The molecule has 0 aliphatic carbocycles. The molecule has 0 spiro atoms. The van der Waals surface area contributed by atoms with Crippen molar-refractivity contribution < 1.29 is 0 Å². The average Bonchev–Trinajstić information content (AvgIpc) is 4.08. The van der Waals surface area contributed by atoms with Gasteiger partial charge in [-0.15, -0.1) is 0 Å². The standard InChI is InChI=1S/C68H48N6/c1-5-18-49(19-6-1)50-30-38-58(39-31-50)73(60-44-36-55(37-45-60)67-65(53-20-7-2-8-21-53)69-63-28-13-15-46-71(63)67)59-40-32-51(33-41-59)52-34-42-61(43-35-52)74(57-25-11-4-12-26-57)62-27-17-24-56(48-62)68-66(54-22-9-3-10-23-54)70-64-29-14-16-47-72(64)68/h1-48H. The summed E-state index contributed by atoms with van der Waals surface area (Å²) < 4.78 is 4.38. The third kappa shape index (κ3) is 8.36. The topological polar surface area (TPSA) is 41.1 Å². The Hall–Kier alpha value is -10.0. The molecule has 0 saturated carbocycles. The van der Waals surface area contributed by atoms with Gasteiger partial charge in [0.15, 0.2) is 0 Å². The fourth-order valence-corrected chi connectivity index (χ4v) is 10.2. The van der Waals surface area contributed by atoms with E-state index in [9.17, 15) is 0 Å². The number of pyridine rings is 2. The Bertz CT molecular complexity index is 4020. The molecular formula is C68H48N6. The molecule has 0 aliphatic heterocycles. The molecule has 350 valence electrons. The molecule has 74 heavy (non-hydrogen) atoms. The second-order valence-corrected chi connectivity index (χ2v) is 18.3. The van der Waals surface area contributed by atoms with Crippen LogP contribution in [0.3, 0.4) is 0 Å². The maximum atomic E-state index is 5.12. The van der Waals surface area contributed by atoms with E-state index >= 15 is 0 Å². The molecule has 0 fully saturated rings. The van der Waals surface area contributed by atoms with Crippen LogP contribution < -0.4 is 9.80 Å². The van der Waals surface area contributed by atoms with E-state index in [1.165, 1.54) is 11.1 Å². The number of rotatable bonds is 12. The zero-order valence-electron chi connectivity index (χ0n) is 40.4. The normalized spacial score (nSPS) is 11.2. The minimum atomic E-state index is 0.910. The van der Waals surface area contributed by atoms with E-state index in [1.54, 1.807) is 0 Å². The molecule has 0 bridgehead atoms. The number of hydrogen-bond donors (Lipinski definition) is 0. The molecule has 0 saturated heterocycles. The van der Waals surface area contributed by atoms with Crippen molar-refractivity contribution in [3.63, 3.8) is 0 Å². The second kappa shape index (κ2) is 19.3. The molecule has 9 aromatic carbocycles. The fourth-order valence-electron chi connectivity index (χ4n) is 10.2. The van der Waals surface area contributed by atoms with Crippen molar-refractivity contribution >= 4 is 45.4 Å². The molecule has 0 amide bonds. The summed E-state index contributed by atoms with van der Waals surface area (Å²) in [6.07, 6.45) is 4.19. The van der Waals surface area contributed by atoms with E-state index in [2.05, 4.69) is 286 Å². The van der Waals surface area contributed by atoms with Crippen LogP contribution in [0.5, 0.6) is 0 Å². The SMILES string of the molecule is c1ccc(-c2ccc(N(c3ccc(-c4ccc(N(c5ccccc5)c5cccc(-c6c(-c7ccccc7)nc7ccccn67)c5)cc4)cc3)c3ccc(-c4c(-c5ccccc5)nc5ccccn45)cc3)cc2)cc1. The Morgan fingerprint density at radius 1 is 0.230 bits per heavy atom. The minimum absolute atomic E-state index is 0.910. The smallest absolute Gasteiger partial charge is 0.137 e. The number of para-hydroxylation sites is 1. The largest absolute Gasteiger partial charge is 0.311 e. The maximum absolute atomic E-state index is 5.12. The van der Waals surface area contributed by atoms with Crippen LogP contribution >= 0.6 is 0 Å². The van der Waals surface area contributed by atoms with Crippen molar-refractivity contribution in [2.45, 2.75) is 0 Å². The van der Waals surface area contributed by atoms with Gasteiger partial charge in [0.05, 0.1) is 22.8 Å². The summed E-state index contributed by atoms with van der Waals surface area (Å²) in [4.78, 5) is 14.9. The predicted octanol–water partition coefficient (Wildman–Crippen LogP) is 17.9. The van der Waals surface area contributed by atoms with Crippen molar-refractivity contribution in [2.75, 3.05) is 9.80 Å². The molecule has 0 radical (unpaired) electrons. The molecule has 6 nitrogen and oxygen atoms in total. The second-order valence-electron chi connectivity index (χ2n) is 18.3. The minimum Gasteiger partial charge on any atom is -0.311 e. The summed E-state index contributed by atoms with van der Waals surface area (Å²) in [6.45, 7) is 0. The van der Waals surface area contributed by atoms with Crippen molar-refractivity contribution in [2.24, 2.45) is 0 Å². The first kappa shape index (κ1) is 43.9. The van der Waals surface area contributed by atoms with Crippen LogP contribution in [0.1, 0.15) is 0 Å². The Morgan fingerprint density at radius 2 is 0.541 bits per heavy atom. The van der Waals surface area contributed by atoms with Crippen LogP contribution in [0.2, 0.25) is 0 Å². The van der Waals surface area contributed by atoms with Gasteiger partial charge < -0.3 is 9.80 Å². The Kier molecular flexibility index (Phi) is 11.4. The van der Waals surface area contributed by atoms with Gasteiger partial charge in [-0.2, -0.15) is 0 Å². The third-order valence-corrected chi connectivity index (χ3v) is 13.8. The molecule has 4 heterocycles. The first-order chi connectivity index (χ1) is 36.7. The fraction of sp³-hybridized carbons (Fsp3) is 0. The van der Waals surface area contributed by atoms with E-state index in [1.807, 2.05) is 24.3 Å². The van der Waals surface area contributed by atoms with E-state index in [-0.39, 0.29) is 0 Å². The predicted molar refractivity (Wildman–Crippen MR) is 306 cm³/mol. The van der Waals surface area contributed by atoms with E-state index in [4.69, 9.17) is 9.97 Å². The monoisotopic (exact) mass is 948 g/mol. The van der Waals surface area contributed by atoms with E-state index < -0.39 is 0 Å². The molecule has 13 rings (SSSR count). The molecule has 6 heteroatoms. The molecule has 4 aromatic heterocycles. The number of hydrogen-bond acceptors (Lipinski definition) is 4. The van der Waals surface area contributed by atoms with Crippen LogP contribution in [0.15, 0.2) is 291 Å². The van der Waals surface area contributed by atoms with Crippen LogP contribution in [-0.4, -0.2) is 18.8 Å². The van der Waals surface area contributed by atoms with Crippen molar-refractivity contribution in [3.05, 3.63) is 291 Å². The number of imidazole rings is 2. The Labute approximate surface area is 430 Å². The Morgan fingerprint density at radius 3 is 0.986 bits per heavy atom. The van der Waals surface area contributed by atoms with E-state index in [0.717, 1.165) is 102 Å². The number of anilines is 6. The zero-order valence-corrected chi connectivity index (χ0v) is 40.4. The lowest BCUT2D eigenvalue weighted by atomic mass is 10.0. The third-order valence-electron chi connectivity index (χ3n) is 13.8. The quantitative estimate of drug-likeness (QED) is 0.122. The van der Waals surface area contributed by atoms with Crippen molar-refractivity contribution in [3.8, 4) is 67.3 Å². The molecule has 0 aliphatic rings. The number of fused-ring (bicyclic) bond motifs is 2. The van der Waals surface area contributed by atoms with Crippen LogP contribution in [0.25, 0.3) is 78.6 Å². The summed E-state index contributed by atoms with van der Waals surface area (Å²) in [7, 11) is 0. The average molecular weight is 949 g/mol.